The average Bonchev–Trinajstić information content (AvgIpc) is 3.44. The number of amides is 1. The number of halogens is 1. The fourth-order valence-corrected chi connectivity index (χ4v) is 3.48. The van der Waals surface area contributed by atoms with Crippen molar-refractivity contribution in [1.82, 2.24) is 10.3 Å². The second-order valence-electron chi connectivity index (χ2n) is 7.29. The number of benzene rings is 1. The van der Waals surface area contributed by atoms with Gasteiger partial charge in [-0.25, -0.2) is 4.39 Å². The van der Waals surface area contributed by atoms with E-state index in [9.17, 15) is 14.3 Å². The van der Waals surface area contributed by atoms with Crippen molar-refractivity contribution in [3.63, 3.8) is 0 Å². The van der Waals surface area contributed by atoms with Crippen molar-refractivity contribution in [3.8, 4) is 5.75 Å². The molecule has 2 N–H and O–H groups in total. The van der Waals surface area contributed by atoms with Crippen molar-refractivity contribution < 1.29 is 14.3 Å². The largest absolute Gasteiger partial charge is 0.508 e. The van der Waals surface area contributed by atoms with Crippen LogP contribution in [-0.4, -0.2) is 34.6 Å². The number of hydrogen-bond acceptors (Lipinski definition) is 4. The van der Waals surface area contributed by atoms with Crippen molar-refractivity contribution >= 4 is 11.6 Å². The highest BCUT2D eigenvalue weighted by Gasteiger charge is 2.44. The van der Waals surface area contributed by atoms with Gasteiger partial charge in [0.25, 0.3) is 5.91 Å². The number of carbonyl (C=O) groups is 1. The molecule has 2 aliphatic rings. The molecule has 2 heterocycles. The van der Waals surface area contributed by atoms with E-state index in [2.05, 4.69) is 27.4 Å². The van der Waals surface area contributed by atoms with Gasteiger partial charge in [-0.3, -0.25) is 9.78 Å². The molecule has 2 aromatic rings. The third kappa shape index (κ3) is 3.94. The van der Waals surface area contributed by atoms with Crippen molar-refractivity contribution in [3.05, 3.63) is 65.8 Å². The molecule has 0 spiro atoms. The molecule has 6 heteroatoms. The first kappa shape index (κ1) is 17.5. The van der Waals surface area contributed by atoms with Gasteiger partial charge >= 0.3 is 0 Å². The van der Waals surface area contributed by atoms with Crippen molar-refractivity contribution in [2.45, 2.75) is 31.2 Å². The number of phenolic OH excluding ortho intramolecular Hbond substituents is 1. The van der Waals surface area contributed by atoms with E-state index in [1.807, 2.05) is 12.1 Å². The number of nitrogens with one attached hydrogen (secondary N) is 1. The van der Waals surface area contributed by atoms with Crippen LogP contribution >= 0.6 is 0 Å². The third-order valence-corrected chi connectivity index (χ3v) is 5.20. The summed E-state index contributed by atoms with van der Waals surface area (Å²) < 4.78 is 13.5. The summed E-state index contributed by atoms with van der Waals surface area (Å²) in [4.78, 5) is 19.2. The Labute approximate surface area is 157 Å². The minimum atomic E-state index is -0.437. The molecule has 4 rings (SSSR count). The predicted molar refractivity (Wildman–Crippen MR) is 101 cm³/mol. The Morgan fingerprint density at radius 3 is 2.85 bits per heavy atom. The molecule has 1 fully saturated rings. The SMILES string of the molecule is O=C(NC1(Cc2cc(F)ccc2O)CC1)c1cc(N2CC=CCC2)ccn1. The van der Waals surface area contributed by atoms with Crippen LogP contribution in [0.25, 0.3) is 0 Å². The van der Waals surface area contributed by atoms with Crippen molar-refractivity contribution in [1.29, 1.82) is 0 Å². The van der Waals surface area contributed by atoms with E-state index < -0.39 is 11.4 Å². The molecule has 0 bridgehead atoms. The molecule has 1 aromatic carbocycles. The number of carbonyl (C=O) groups excluding carboxylic acids is 1. The maximum absolute atomic E-state index is 13.5. The van der Waals surface area contributed by atoms with Crippen LogP contribution in [0.2, 0.25) is 0 Å². The summed E-state index contributed by atoms with van der Waals surface area (Å²) >= 11 is 0. The Hall–Kier alpha value is -2.89. The van der Waals surface area contributed by atoms with E-state index >= 15 is 0 Å². The summed E-state index contributed by atoms with van der Waals surface area (Å²) in [6.07, 6.45) is 8.92. The molecule has 0 radical (unpaired) electrons. The van der Waals surface area contributed by atoms with Crippen LogP contribution in [0, 0.1) is 5.82 Å². The van der Waals surface area contributed by atoms with E-state index in [0.717, 1.165) is 38.0 Å². The van der Waals surface area contributed by atoms with E-state index in [1.54, 1.807) is 6.20 Å². The Kier molecular flexibility index (Phi) is 4.56. The topological polar surface area (TPSA) is 65.5 Å². The Morgan fingerprint density at radius 2 is 2.11 bits per heavy atom. The van der Waals surface area contributed by atoms with Crippen molar-refractivity contribution in [2.75, 3.05) is 18.0 Å². The van der Waals surface area contributed by atoms with Crippen LogP contribution in [0.1, 0.15) is 35.3 Å². The molecule has 1 aromatic heterocycles. The Morgan fingerprint density at radius 1 is 1.26 bits per heavy atom. The van der Waals surface area contributed by atoms with Crippen molar-refractivity contribution in [2.24, 2.45) is 0 Å². The zero-order valence-electron chi connectivity index (χ0n) is 15.0. The van der Waals surface area contributed by atoms with Gasteiger partial charge in [0.1, 0.15) is 17.3 Å². The van der Waals surface area contributed by atoms with Gasteiger partial charge in [-0.2, -0.15) is 0 Å². The zero-order valence-corrected chi connectivity index (χ0v) is 15.0. The van der Waals surface area contributed by atoms with Crippen LogP contribution < -0.4 is 10.2 Å². The highest BCUT2D eigenvalue weighted by molar-refractivity contribution is 5.94. The number of aromatic hydroxyl groups is 1. The summed E-state index contributed by atoms with van der Waals surface area (Å²) in [5.41, 5.74) is 1.42. The quantitative estimate of drug-likeness (QED) is 0.797. The number of pyridine rings is 1. The average molecular weight is 367 g/mol. The molecule has 0 atom stereocenters. The number of hydrogen-bond donors (Lipinski definition) is 2. The minimum Gasteiger partial charge on any atom is -0.508 e. The van der Waals surface area contributed by atoms with E-state index in [-0.39, 0.29) is 11.7 Å². The van der Waals surface area contributed by atoms with Crippen LogP contribution in [0.4, 0.5) is 10.1 Å². The first-order valence-corrected chi connectivity index (χ1v) is 9.21. The standard InChI is InChI=1S/C21H22FN3O2/c22-16-4-5-19(26)15(12-16)14-21(7-8-21)24-20(27)18-13-17(6-9-23-18)25-10-2-1-3-11-25/h1-2,4-6,9,12-13,26H,3,7-8,10-11,14H2,(H,24,27). The van der Waals surface area contributed by atoms with Gasteiger partial charge in [-0.05, 0) is 61.6 Å². The van der Waals surface area contributed by atoms with Crippen LogP contribution in [0.5, 0.6) is 5.75 Å². The lowest BCUT2D eigenvalue weighted by molar-refractivity contribution is 0.0926. The third-order valence-electron chi connectivity index (χ3n) is 5.20. The fraction of sp³-hybridized carbons (Fsp3) is 0.333. The van der Waals surface area contributed by atoms with Gasteiger partial charge in [0.15, 0.2) is 0 Å². The van der Waals surface area contributed by atoms with E-state index in [4.69, 9.17) is 0 Å². The molecule has 1 aliphatic heterocycles. The van der Waals surface area contributed by atoms with Gasteiger partial charge in [-0.1, -0.05) is 12.2 Å². The highest BCUT2D eigenvalue weighted by Crippen LogP contribution is 2.40. The number of aromatic nitrogens is 1. The number of phenols is 1. The summed E-state index contributed by atoms with van der Waals surface area (Å²) in [6.45, 7) is 1.75. The van der Waals surface area contributed by atoms with Gasteiger partial charge in [0.2, 0.25) is 0 Å². The lowest BCUT2D eigenvalue weighted by atomic mass is 10.0. The molecular weight excluding hydrogens is 345 g/mol. The monoisotopic (exact) mass is 367 g/mol. The lowest BCUT2D eigenvalue weighted by Gasteiger charge is -2.26. The van der Waals surface area contributed by atoms with Gasteiger partial charge in [0.05, 0.1) is 0 Å². The molecule has 0 saturated heterocycles. The summed E-state index contributed by atoms with van der Waals surface area (Å²) in [6, 6.07) is 7.62. The van der Waals surface area contributed by atoms with E-state index in [1.165, 1.54) is 18.2 Å². The van der Waals surface area contributed by atoms with Crippen LogP contribution in [-0.2, 0) is 6.42 Å². The van der Waals surface area contributed by atoms with Gasteiger partial charge in [0, 0.05) is 30.5 Å². The number of rotatable bonds is 5. The van der Waals surface area contributed by atoms with Crippen LogP contribution in [0.15, 0.2) is 48.7 Å². The molecule has 1 aliphatic carbocycles. The fourth-order valence-electron chi connectivity index (χ4n) is 3.48. The second-order valence-corrected chi connectivity index (χ2v) is 7.29. The normalized spacial score (nSPS) is 17.6. The van der Waals surface area contributed by atoms with Crippen LogP contribution in [0.3, 0.4) is 0 Å². The molecule has 27 heavy (non-hydrogen) atoms. The summed E-state index contributed by atoms with van der Waals surface area (Å²) in [5.74, 6) is -0.581. The first-order chi connectivity index (χ1) is 13.0. The number of nitrogens with zero attached hydrogens (tertiary/aromatic N) is 2. The summed E-state index contributed by atoms with van der Waals surface area (Å²) in [5, 5.41) is 13.0. The molecule has 1 amide bonds. The molecule has 140 valence electrons. The highest BCUT2D eigenvalue weighted by atomic mass is 19.1. The predicted octanol–water partition coefficient (Wildman–Crippen LogP) is 3.20. The van der Waals surface area contributed by atoms with Gasteiger partial charge < -0.3 is 15.3 Å². The Bertz CT molecular complexity index is 893. The first-order valence-electron chi connectivity index (χ1n) is 9.21. The molecule has 0 unspecified atom stereocenters. The second kappa shape index (κ2) is 7.02. The maximum atomic E-state index is 13.5. The molecule has 5 nitrogen and oxygen atoms in total. The molecular formula is C21H22FN3O2. The van der Waals surface area contributed by atoms with Gasteiger partial charge in [-0.15, -0.1) is 0 Å². The molecule has 1 saturated carbocycles. The lowest BCUT2D eigenvalue weighted by Crippen LogP contribution is -2.39. The van der Waals surface area contributed by atoms with E-state index in [0.29, 0.717) is 17.7 Å². The zero-order chi connectivity index (χ0) is 18.9. The Balaban J connectivity index is 1.47. The maximum Gasteiger partial charge on any atom is 0.270 e. The minimum absolute atomic E-state index is 0.0511. The number of anilines is 1. The smallest absolute Gasteiger partial charge is 0.270 e. The summed E-state index contributed by atoms with van der Waals surface area (Å²) in [7, 11) is 0.